The molecule has 2 aromatic rings. The lowest BCUT2D eigenvalue weighted by atomic mass is 10.1. The molecule has 3 heterocycles. The van der Waals surface area contributed by atoms with Gasteiger partial charge in [-0.05, 0) is 43.2 Å². The molecule has 5 heteroatoms. The normalized spacial score (nSPS) is 20.8. The van der Waals surface area contributed by atoms with Crippen molar-refractivity contribution in [3.8, 4) is 0 Å². The molecule has 2 saturated heterocycles. The lowest BCUT2D eigenvalue weighted by molar-refractivity contribution is -0.117. The minimum atomic E-state index is 0.0255. The van der Waals surface area contributed by atoms with Crippen molar-refractivity contribution in [2.45, 2.75) is 25.2 Å². The van der Waals surface area contributed by atoms with Crippen LogP contribution in [-0.4, -0.2) is 36.3 Å². The number of anilines is 1. The zero-order valence-corrected chi connectivity index (χ0v) is 13.5. The standard InChI is InChI=1S/C19H20N2O3/c22-18-7-2-9-21(18)16-5-1-4-14(12-16)19(23)20-10-8-15(13-20)17-6-3-11-24-17/h1,3-6,11-12,15H,2,7-10,13H2. The van der Waals surface area contributed by atoms with Crippen LogP contribution in [-0.2, 0) is 4.79 Å². The van der Waals surface area contributed by atoms with Gasteiger partial charge in [0, 0.05) is 43.2 Å². The van der Waals surface area contributed by atoms with Gasteiger partial charge in [0.2, 0.25) is 5.91 Å². The van der Waals surface area contributed by atoms with E-state index < -0.39 is 0 Å². The fourth-order valence-corrected chi connectivity index (χ4v) is 3.61. The quantitative estimate of drug-likeness (QED) is 0.872. The highest BCUT2D eigenvalue weighted by molar-refractivity contribution is 5.99. The molecule has 24 heavy (non-hydrogen) atoms. The summed E-state index contributed by atoms with van der Waals surface area (Å²) in [4.78, 5) is 28.4. The average Bonchev–Trinajstić information content (AvgIpc) is 3.35. The molecule has 1 atom stereocenters. The Balaban J connectivity index is 1.50. The number of likely N-dealkylation sites (tertiary alicyclic amines) is 1. The Bertz CT molecular complexity index is 754. The van der Waals surface area contributed by atoms with Crippen molar-refractivity contribution in [1.29, 1.82) is 0 Å². The highest BCUT2D eigenvalue weighted by Gasteiger charge is 2.30. The maximum atomic E-state index is 12.8. The van der Waals surface area contributed by atoms with Crippen LogP contribution in [0.3, 0.4) is 0 Å². The molecular weight excluding hydrogens is 304 g/mol. The summed E-state index contributed by atoms with van der Waals surface area (Å²) in [5, 5.41) is 0. The van der Waals surface area contributed by atoms with E-state index in [1.54, 1.807) is 11.2 Å². The molecule has 0 radical (unpaired) electrons. The highest BCUT2D eigenvalue weighted by Crippen LogP contribution is 2.29. The molecule has 0 bridgehead atoms. The summed E-state index contributed by atoms with van der Waals surface area (Å²) < 4.78 is 5.47. The highest BCUT2D eigenvalue weighted by atomic mass is 16.3. The second-order valence-electron chi connectivity index (χ2n) is 6.45. The maximum Gasteiger partial charge on any atom is 0.253 e. The van der Waals surface area contributed by atoms with Crippen LogP contribution >= 0.6 is 0 Å². The van der Waals surface area contributed by atoms with Crippen LogP contribution in [0.15, 0.2) is 47.1 Å². The van der Waals surface area contributed by atoms with Crippen molar-refractivity contribution in [2.24, 2.45) is 0 Å². The van der Waals surface area contributed by atoms with E-state index in [0.29, 0.717) is 18.5 Å². The molecule has 0 N–H and O–H groups in total. The van der Waals surface area contributed by atoms with Gasteiger partial charge in [0.25, 0.3) is 5.91 Å². The van der Waals surface area contributed by atoms with Crippen molar-refractivity contribution in [3.05, 3.63) is 54.0 Å². The van der Waals surface area contributed by atoms with Crippen LogP contribution in [0.5, 0.6) is 0 Å². The molecule has 2 fully saturated rings. The van der Waals surface area contributed by atoms with Gasteiger partial charge in [-0.25, -0.2) is 0 Å². The third kappa shape index (κ3) is 2.70. The van der Waals surface area contributed by atoms with E-state index in [-0.39, 0.29) is 17.7 Å². The van der Waals surface area contributed by atoms with E-state index in [2.05, 4.69) is 0 Å². The van der Waals surface area contributed by atoms with E-state index in [9.17, 15) is 9.59 Å². The predicted octanol–water partition coefficient (Wildman–Crippen LogP) is 3.04. The number of amides is 2. The molecule has 2 aliphatic rings. The van der Waals surface area contributed by atoms with Crippen molar-refractivity contribution in [2.75, 3.05) is 24.5 Å². The van der Waals surface area contributed by atoms with Gasteiger partial charge in [-0.15, -0.1) is 0 Å². The van der Waals surface area contributed by atoms with Crippen LogP contribution < -0.4 is 4.90 Å². The van der Waals surface area contributed by atoms with Crippen molar-refractivity contribution >= 4 is 17.5 Å². The first-order valence-corrected chi connectivity index (χ1v) is 8.45. The number of benzene rings is 1. The SMILES string of the molecule is O=C(c1cccc(N2CCCC2=O)c1)N1CCC(c2ccco2)C1. The van der Waals surface area contributed by atoms with Gasteiger partial charge in [0.1, 0.15) is 5.76 Å². The van der Waals surface area contributed by atoms with E-state index in [0.717, 1.165) is 37.4 Å². The van der Waals surface area contributed by atoms with Gasteiger partial charge >= 0.3 is 0 Å². The number of furan rings is 1. The number of rotatable bonds is 3. The molecule has 2 amide bonds. The lowest BCUT2D eigenvalue weighted by Gasteiger charge is -2.19. The molecule has 124 valence electrons. The van der Waals surface area contributed by atoms with E-state index in [4.69, 9.17) is 4.42 Å². The first kappa shape index (κ1) is 15.0. The first-order chi connectivity index (χ1) is 11.7. The molecule has 1 unspecified atom stereocenters. The average molecular weight is 324 g/mol. The molecule has 1 aromatic heterocycles. The van der Waals surface area contributed by atoms with Gasteiger partial charge in [-0.2, -0.15) is 0 Å². The van der Waals surface area contributed by atoms with Crippen LogP contribution in [0.25, 0.3) is 0 Å². The molecule has 0 aliphatic carbocycles. The number of hydrogen-bond acceptors (Lipinski definition) is 3. The Labute approximate surface area is 140 Å². The molecule has 0 saturated carbocycles. The van der Waals surface area contributed by atoms with Gasteiger partial charge in [0.05, 0.1) is 6.26 Å². The minimum Gasteiger partial charge on any atom is -0.469 e. The van der Waals surface area contributed by atoms with Crippen LogP contribution in [0.4, 0.5) is 5.69 Å². The van der Waals surface area contributed by atoms with Crippen LogP contribution in [0.2, 0.25) is 0 Å². The predicted molar refractivity (Wildman–Crippen MR) is 90.0 cm³/mol. The Morgan fingerprint density at radius 1 is 1.17 bits per heavy atom. The Morgan fingerprint density at radius 2 is 2.08 bits per heavy atom. The zero-order valence-electron chi connectivity index (χ0n) is 13.5. The van der Waals surface area contributed by atoms with Gasteiger partial charge < -0.3 is 14.2 Å². The summed E-state index contributed by atoms with van der Waals surface area (Å²) >= 11 is 0. The van der Waals surface area contributed by atoms with Crippen molar-refractivity contribution in [1.82, 2.24) is 4.90 Å². The fraction of sp³-hybridized carbons (Fsp3) is 0.368. The fourth-order valence-electron chi connectivity index (χ4n) is 3.61. The third-order valence-corrected chi connectivity index (χ3v) is 4.90. The molecule has 5 nitrogen and oxygen atoms in total. The van der Waals surface area contributed by atoms with E-state index in [1.807, 2.05) is 41.3 Å². The Hall–Kier alpha value is -2.56. The molecule has 0 spiro atoms. The summed E-state index contributed by atoms with van der Waals surface area (Å²) in [6, 6.07) is 11.3. The number of carbonyl (C=O) groups is 2. The Kier molecular flexibility index (Phi) is 3.84. The molecule has 2 aliphatic heterocycles. The maximum absolute atomic E-state index is 12.8. The van der Waals surface area contributed by atoms with Gasteiger partial charge in [-0.3, -0.25) is 9.59 Å². The molecule has 4 rings (SSSR count). The molecule has 1 aromatic carbocycles. The van der Waals surface area contributed by atoms with Crippen LogP contribution in [0, 0.1) is 0 Å². The third-order valence-electron chi connectivity index (χ3n) is 4.90. The summed E-state index contributed by atoms with van der Waals surface area (Å²) in [5.74, 6) is 1.38. The minimum absolute atomic E-state index is 0.0255. The summed E-state index contributed by atoms with van der Waals surface area (Å²) in [5.41, 5.74) is 1.47. The summed E-state index contributed by atoms with van der Waals surface area (Å²) in [7, 11) is 0. The monoisotopic (exact) mass is 324 g/mol. The topological polar surface area (TPSA) is 53.8 Å². The van der Waals surface area contributed by atoms with Gasteiger partial charge in [0.15, 0.2) is 0 Å². The van der Waals surface area contributed by atoms with Gasteiger partial charge in [-0.1, -0.05) is 6.07 Å². The van der Waals surface area contributed by atoms with Crippen LogP contribution in [0.1, 0.15) is 41.3 Å². The number of nitrogens with zero attached hydrogens (tertiary/aromatic N) is 2. The summed E-state index contributed by atoms with van der Waals surface area (Å²) in [6.45, 7) is 2.15. The number of carbonyl (C=O) groups excluding carboxylic acids is 2. The van der Waals surface area contributed by atoms with Crippen molar-refractivity contribution < 1.29 is 14.0 Å². The zero-order chi connectivity index (χ0) is 16.5. The van der Waals surface area contributed by atoms with Crippen molar-refractivity contribution in [3.63, 3.8) is 0 Å². The lowest BCUT2D eigenvalue weighted by Crippen LogP contribution is -2.29. The molecular formula is C19H20N2O3. The summed E-state index contributed by atoms with van der Waals surface area (Å²) in [6.07, 6.45) is 4.07. The smallest absolute Gasteiger partial charge is 0.253 e. The van der Waals surface area contributed by atoms with E-state index >= 15 is 0 Å². The second-order valence-corrected chi connectivity index (χ2v) is 6.45. The first-order valence-electron chi connectivity index (χ1n) is 8.45. The van der Waals surface area contributed by atoms with E-state index in [1.165, 1.54) is 0 Å². The largest absolute Gasteiger partial charge is 0.469 e. The number of hydrogen-bond donors (Lipinski definition) is 0. The second kappa shape index (κ2) is 6.15. The Morgan fingerprint density at radius 3 is 2.83 bits per heavy atom.